The third kappa shape index (κ3) is 9.38. The van der Waals surface area contributed by atoms with Crippen LogP contribution in [-0.4, -0.2) is 77.3 Å². The van der Waals surface area contributed by atoms with Gasteiger partial charge < -0.3 is 13.9 Å². The lowest BCUT2D eigenvalue weighted by molar-refractivity contribution is -0.902. The van der Waals surface area contributed by atoms with Gasteiger partial charge in [0.15, 0.2) is 20.0 Å². The number of likely N-dealkylation sites (N-methyl/N-ethyl adjacent to an activating group) is 1. The number of hydrogen-bond donors (Lipinski definition) is 1. The van der Waals surface area contributed by atoms with Crippen LogP contribution in [0.15, 0.2) is 43.0 Å². The highest BCUT2D eigenvalue weighted by atomic mass is 32.3. The van der Waals surface area contributed by atoms with Crippen LogP contribution in [0.5, 0.6) is 0 Å². The number of benzene rings is 1. The fourth-order valence-electron chi connectivity index (χ4n) is 2.23. The molecule has 1 amide bonds. The zero-order chi connectivity index (χ0) is 30.4. The second-order valence-corrected chi connectivity index (χ2v) is 11.4. The first kappa shape index (κ1) is 35.5. The molecular formula is C18H21F10N3O5S2. The molecule has 1 rings (SSSR count). The number of halogens is 10. The van der Waals surface area contributed by atoms with Gasteiger partial charge >= 0.3 is 22.9 Å². The summed E-state index contributed by atoms with van der Waals surface area (Å²) in [4.78, 5) is 11.0. The fraction of sp³-hybridized carbons (Fsp3) is 0.500. The second-order valence-electron chi connectivity index (χ2n) is 7.85. The third-order valence-corrected chi connectivity index (χ3v) is 7.49. The van der Waals surface area contributed by atoms with Crippen molar-refractivity contribution in [1.82, 2.24) is 5.32 Å². The normalized spacial score (nSPS) is 13.8. The minimum Gasteiger partial charge on any atom is -0.425 e. The van der Waals surface area contributed by atoms with Crippen LogP contribution in [0.25, 0.3) is 4.13 Å². The highest BCUT2D eigenvalue weighted by molar-refractivity contribution is 8.13. The first-order valence-corrected chi connectivity index (χ1v) is 12.5. The Kier molecular flexibility index (Phi) is 11.4. The summed E-state index contributed by atoms with van der Waals surface area (Å²) in [6.07, 6.45) is -12.7. The van der Waals surface area contributed by atoms with E-state index in [1.807, 2.05) is 6.07 Å². The van der Waals surface area contributed by atoms with Gasteiger partial charge in [-0.2, -0.15) is 43.9 Å². The zero-order valence-electron chi connectivity index (χ0n) is 19.3. The topological polar surface area (TPSA) is 111 Å². The predicted octanol–water partition coefficient (Wildman–Crippen LogP) is 3.90. The van der Waals surface area contributed by atoms with Crippen LogP contribution in [0.3, 0.4) is 0 Å². The van der Waals surface area contributed by atoms with E-state index in [0.29, 0.717) is 10.7 Å². The largest absolute Gasteiger partial charge is 0.467 e. The molecule has 0 aliphatic rings. The molecule has 0 fully saturated rings. The monoisotopic (exact) mass is 613 g/mol. The number of carbonyl (C=O) groups is 1. The summed E-state index contributed by atoms with van der Waals surface area (Å²) in [6, 6.07) is 10.4. The molecule has 0 aliphatic heterocycles. The van der Waals surface area contributed by atoms with Crippen LogP contribution in [0, 0.1) is 0 Å². The number of hydrogen-bond acceptors (Lipinski definition) is 5. The van der Waals surface area contributed by atoms with Gasteiger partial charge in [0.1, 0.15) is 6.54 Å². The average molecular weight is 613 g/mol. The van der Waals surface area contributed by atoms with Crippen LogP contribution < -0.4 is 5.32 Å². The number of nitrogens with one attached hydrogen (secondary N) is 1. The quantitative estimate of drug-likeness (QED) is 0.245. The Morgan fingerprint density at radius 1 is 0.868 bits per heavy atom. The lowest BCUT2D eigenvalue weighted by Crippen LogP contribution is -2.48. The summed E-state index contributed by atoms with van der Waals surface area (Å²) in [7, 11) is -10.9. The summed E-state index contributed by atoms with van der Waals surface area (Å²) in [5.41, 5.74) is 1.31. The lowest BCUT2D eigenvalue weighted by atomic mass is 10.2. The minimum atomic E-state index is -7.62. The van der Waals surface area contributed by atoms with Gasteiger partial charge in [-0.05, 0) is 6.08 Å². The van der Waals surface area contributed by atoms with Gasteiger partial charge in [-0.3, -0.25) is 4.79 Å². The summed E-state index contributed by atoms with van der Waals surface area (Å²) in [5, 5.41) is -11.2. The van der Waals surface area contributed by atoms with E-state index in [4.69, 9.17) is 0 Å². The molecule has 0 aliphatic carbocycles. The van der Waals surface area contributed by atoms with Crippen LogP contribution in [0.1, 0.15) is 5.56 Å². The maximum atomic E-state index is 12.3. The molecule has 220 valence electrons. The van der Waals surface area contributed by atoms with E-state index < -0.39 is 42.9 Å². The van der Waals surface area contributed by atoms with Gasteiger partial charge in [0.05, 0.1) is 27.2 Å². The van der Waals surface area contributed by atoms with Crippen LogP contribution in [-0.2, 0) is 31.4 Å². The van der Waals surface area contributed by atoms with E-state index in [-0.39, 0.29) is 5.91 Å². The van der Waals surface area contributed by atoms with E-state index in [2.05, 4.69) is 50.3 Å². The molecule has 1 aromatic rings. The summed E-state index contributed by atoms with van der Waals surface area (Å²) in [6.45, 7) is 5.96. The van der Waals surface area contributed by atoms with Crippen molar-refractivity contribution < 1.29 is 70.0 Å². The van der Waals surface area contributed by atoms with Crippen molar-refractivity contribution in [1.29, 1.82) is 0 Å². The molecule has 0 saturated heterocycles. The summed E-state index contributed by atoms with van der Waals surface area (Å²) in [5.74, 6) is -0.107. The molecule has 0 unspecified atom stereocenters. The van der Waals surface area contributed by atoms with E-state index in [1.54, 1.807) is 0 Å². The van der Waals surface area contributed by atoms with Gasteiger partial charge in [0.25, 0.3) is 0 Å². The van der Waals surface area contributed by atoms with Gasteiger partial charge in [0, 0.05) is 5.56 Å². The van der Waals surface area contributed by atoms with Crippen molar-refractivity contribution in [2.75, 3.05) is 27.2 Å². The Hall–Kier alpha value is -2.45. The Morgan fingerprint density at radius 3 is 1.61 bits per heavy atom. The van der Waals surface area contributed by atoms with Gasteiger partial charge in [-0.1, -0.05) is 36.9 Å². The molecule has 0 spiro atoms. The molecule has 0 atom stereocenters. The number of carbonyl (C=O) groups excluding carboxylic acids is 1. The number of sulfonamides is 2. The van der Waals surface area contributed by atoms with Crippen LogP contribution >= 0.6 is 0 Å². The molecule has 8 nitrogen and oxygen atoms in total. The number of quaternary nitrogens is 1. The smallest absolute Gasteiger partial charge is 0.425 e. The van der Waals surface area contributed by atoms with E-state index in [0.717, 1.165) is 17.6 Å². The second kappa shape index (κ2) is 12.2. The summed E-state index contributed by atoms with van der Waals surface area (Å²) >= 11 is 0. The fourth-order valence-corrected chi connectivity index (χ4v) is 4.59. The maximum Gasteiger partial charge on any atom is 0.467 e. The molecule has 0 bridgehead atoms. The number of amides is 1. The van der Waals surface area contributed by atoms with Crippen molar-refractivity contribution in [3.05, 3.63) is 52.7 Å². The number of rotatable bonds is 10. The Morgan fingerprint density at radius 2 is 1.26 bits per heavy atom. The Balaban J connectivity index is 0.000000735. The van der Waals surface area contributed by atoms with Crippen LogP contribution in [0.4, 0.5) is 43.9 Å². The van der Waals surface area contributed by atoms with Gasteiger partial charge in [0.2, 0.25) is 5.91 Å². The van der Waals surface area contributed by atoms with Crippen molar-refractivity contribution >= 4 is 26.0 Å². The number of nitrogens with zero attached hydrogens (tertiary/aromatic N) is 2. The molecule has 1 aromatic carbocycles. The standard InChI is InChI=1S/C14H20N2O.C4F10NO4S2/c1-4-14(17)15-10-11-16(2,3)12-13-8-6-5-7-9-13;5-1(6,7)3(11,12)20(16,17)15-21(18,19)4(13,14)2(8,9)10/h4-9H,1,10-12H2,2-3H3;/q;-1/p+1. The molecule has 1 N–H and O–H groups in total. The molecule has 0 aromatic heterocycles. The molecule has 0 saturated carbocycles. The Bertz CT molecular complexity index is 1110. The van der Waals surface area contributed by atoms with Crippen LogP contribution in [0.2, 0.25) is 0 Å². The van der Waals surface area contributed by atoms with Gasteiger partial charge in [-0.15, -0.1) is 0 Å². The molecule has 0 heterocycles. The highest BCUT2D eigenvalue weighted by Crippen LogP contribution is 2.47. The lowest BCUT2D eigenvalue weighted by Gasteiger charge is -2.31. The van der Waals surface area contributed by atoms with Crippen molar-refractivity contribution in [3.8, 4) is 0 Å². The van der Waals surface area contributed by atoms with Gasteiger partial charge in [-0.25, -0.2) is 16.8 Å². The predicted molar refractivity (Wildman–Crippen MR) is 114 cm³/mol. The maximum absolute atomic E-state index is 12.3. The first-order valence-electron chi connectivity index (χ1n) is 9.63. The minimum absolute atomic E-state index is 0.107. The average Bonchev–Trinajstić information content (AvgIpc) is 2.71. The number of alkyl halides is 10. The van der Waals surface area contributed by atoms with E-state index in [1.165, 1.54) is 11.6 Å². The Labute approximate surface area is 211 Å². The first-order chi connectivity index (χ1) is 16.7. The van der Waals surface area contributed by atoms with E-state index in [9.17, 15) is 65.5 Å². The molecule has 0 radical (unpaired) electrons. The van der Waals surface area contributed by atoms with Crippen molar-refractivity contribution in [2.45, 2.75) is 29.4 Å². The molecule has 38 heavy (non-hydrogen) atoms. The van der Waals surface area contributed by atoms with Crippen molar-refractivity contribution in [2.24, 2.45) is 0 Å². The third-order valence-electron chi connectivity index (χ3n) is 4.16. The summed E-state index contributed by atoms with van der Waals surface area (Å²) < 4.78 is 162. The zero-order valence-corrected chi connectivity index (χ0v) is 21.0. The SMILES string of the molecule is C=CC(=O)NCC[N+](C)(C)Cc1ccccc1.O=S(=O)([N-]S(=O)(=O)C(F)(F)C(F)(F)F)C(F)(F)C(F)(F)F. The molecular weight excluding hydrogens is 592 g/mol. The van der Waals surface area contributed by atoms with Crippen molar-refractivity contribution in [3.63, 3.8) is 0 Å². The highest BCUT2D eigenvalue weighted by Gasteiger charge is 2.68. The van der Waals surface area contributed by atoms with E-state index >= 15 is 0 Å². The molecule has 20 heteroatoms.